The smallest absolute Gasteiger partial charge is 0.338 e. The first kappa shape index (κ1) is 19.1. The lowest BCUT2D eigenvalue weighted by atomic mass is 10.1. The summed E-state index contributed by atoms with van der Waals surface area (Å²) in [5.41, 5.74) is 5.12. The van der Waals surface area contributed by atoms with Gasteiger partial charge >= 0.3 is 5.97 Å². The minimum atomic E-state index is -0.426. The maximum Gasteiger partial charge on any atom is 0.338 e. The first-order valence-corrected chi connectivity index (χ1v) is 10.1. The molecular weight excluding hydrogens is 380 g/mol. The Morgan fingerprint density at radius 3 is 2.63 bits per heavy atom. The molecule has 1 heterocycles. The highest BCUT2D eigenvalue weighted by molar-refractivity contribution is 7.98. The van der Waals surface area contributed by atoms with Gasteiger partial charge in [0, 0.05) is 27.3 Å². The summed E-state index contributed by atoms with van der Waals surface area (Å²) in [5.74, 6) is 0.149. The van der Waals surface area contributed by atoms with Gasteiger partial charge in [0.15, 0.2) is 0 Å². The Labute approximate surface area is 165 Å². The van der Waals surface area contributed by atoms with E-state index in [0.717, 1.165) is 16.3 Å². The predicted molar refractivity (Wildman–Crippen MR) is 109 cm³/mol. The fourth-order valence-corrected chi connectivity index (χ4v) is 3.93. The number of anilines is 1. The van der Waals surface area contributed by atoms with Crippen molar-refractivity contribution in [3.63, 3.8) is 0 Å². The number of ether oxygens (including phenoxy) is 1. The summed E-state index contributed by atoms with van der Waals surface area (Å²) < 4.78 is 4.77. The van der Waals surface area contributed by atoms with Gasteiger partial charge in [-0.15, -0.1) is 23.1 Å². The molecule has 138 valence electrons. The van der Waals surface area contributed by atoms with Crippen molar-refractivity contribution in [2.75, 3.05) is 12.4 Å². The lowest BCUT2D eigenvalue weighted by Gasteiger charge is -2.11. The minimum absolute atomic E-state index is 0.226. The van der Waals surface area contributed by atoms with Gasteiger partial charge in [-0.1, -0.05) is 6.07 Å². The van der Waals surface area contributed by atoms with Crippen LogP contribution in [0.2, 0.25) is 0 Å². The summed E-state index contributed by atoms with van der Waals surface area (Å²) in [4.78, 5) is 29.6. The average molecular weight is 399 g/mol. The lowest BCUT2D eigenvalue weighted by molar-refractivity contribution is 0.0599. The van der Waals surface area contributed by atoms with Crippen molar-refractivity contribution in [1.82, 2.24) is 4.98 Å². The molecule has 0 bridgehead atoms. The minimum Gasteiger partial charge on any atom is -0.465 e. The number of nitrogens with one attached hydrogen (secondary N) is 1. The number of carbonyl (C=O) groups excluding carboxylic acids is 2. The number of rotatable bonds is 6. The summed E-state index contributed by atoms with van der Waals surface area (Å²) in [6, 6.07) is 12.6. The van der Waals surface area contributed by atoms with Gasteiger partial charge in [-0.3, -0.25) is 4.79 Å². The van der Waals surface area contributed by atoms with E-state index >= 15 is 0 Å². The SMILES string of the molecule is COC(=O)c1cccc(NC(=O)c2ccc(SCc3cscn3)cc2)c1C. The van der Waals surface area contributed by atoms with E-state index in [4.69, 9.17) is 4.74 Å². The molecule has 0 saturated heterocycles. The summed E-state index contributed by atoms with van der Waals surface area (Å²) >= 11 is 3.25. The molecule has 1 N–H and O–H groups in total. The zero-order valence-electron chi connectivity index (χ0n) is 14.9. The normalized spacial score (nSPS) is 10.4. The van der Waals surface area contributed by atoms with Gasteiger partial charge in [-0.05, 0) is 48.9 Å². The number of hydrogen-bond donors (Lipinski definition) is 1. The summed E-state index contributed by atoms with van der Waals surface area (Å²) in [6.45, 7) is 1.78. The summed E-state index contributed by atoms with van der Waals surface area (Å²) in [6.07, 6.45) is 0. The molecule has 0 fully saturated rings. The zero-order valence-corrected chi connectivity index (χ0v) is 16.5. The van der Waals surface area contributed by atoms with Crippen LogP contribution in [-0.2, 0) is 10.5 Å². The second kappa shape index (κ2) is 8.83. The summed E-state index contributed by atoms with van der Waals surface area (Å²) in [7, 11) is 1.33. The van der Waals surface area contributed by atoms with Gasteiger partial charge in [0.1, 0.15) is 0 Å². The Hall–Kier alpha value is -2.64. The van der Waals surface area contributed by atoms with Gasteiger partial charge in [-0.25, -0.2) is 9.78 Å². The molecular formula is C20H18N2O3S2. The Bertz CT molecular complexity index is 938. The van der Waals surface area contributed by atoms with Crippen LogP contribution in [0.1, 0.15) is 32.0 Å². The molecule has 0 saturated carbocycles. The number of carbonyl (C=O) groups is 2. The van der Waals surface area contributed by atoms with Gasteiger partial charge < -0.3 is 10.1 Å². The van der Waals surface area contributed by atoms with E-state index in [-0.39, 0.29) is 5.91 Å². The second-order valence-electron chi connectivity index (χ2n) is 5.72. The van der Waals surface area contributed by atoms with Crippen molar-refractivity contribution in [2.45, 2.75) is 17.6 Å². The second-order valence-corrected chi connectivity index (χ2v) is 7.48. The highest BCUT2D eigenvalue weighted by Gasteiger charge is 2.14. The van der Waals surface area contributed by atoms with E-state index in [1.54, 1.807) is 60.4 Å². The van der Waals surface area contributed by atoms with Crippen LogP contribution in [0.4, 0.5) is 5.69 Å². The first-order valence-electron chi connectivity index (χ1n) is 8.17. The van der Waals surface area contributed by atoms with Gasteiger partial charge in [0.05, 0.1) is 23.9 Å². The molecule has 5 nitrogen and oxygen atoms in total. The van der Waals surface area contributed by atoms with Gasteiger partial charge in [0.2, 0.25) is 0 Å². The maximum atomic E-state index is 12.5. The molecule has 1 aromatic heterocycles. The lowest BCUT2D eigenvalue weighted by Crippen LogP contribution is -2.14. The van der Waals surface area contributed by atoms with Crippen LogP contribution in [0.15, 0.2) is 58.3 Å². The van der Waals surface area contributed by atoms with Crippen LogP contribution in [0.25, 0.3) is 0 Å². The number of nitrogens with zero attached hydrogens (tertiary/aromatic N) is 1. The molecule has 0 aliphatic carbocycles. The molecule has 0 aliphatic rings. The van der Waals surface area contributed by atoms with Crippen LogP contribution in [0.5, 0.6) is 0 Å². The van der Waals surface area contributed by atoms with E-state index in [0.29, 0.717) is 22.4 Å². The molecule has 1 amide bonds. The Morgan fingerprint density at radius 2 is 1.96 bits per heavy atom. The molecule has 0 atom stereocenters. The molecule has 2 aromatic carbocycles. The number of hydrogen-bond acceptors (Lipinski definition) is 6. The van der Waals surface area contributed by atoms with Crippen LogP contribution in [-0.4, -0.2) is 24.0 Å². The largest absolute Gasteiger partial charge is 0.465 e. The number of esters is 1. The molecule has 3 rings (SSSR count). The van der Waals surface area contributed by atoms with Crippen LogP contribution < -0.4 is 5.32 Å². The van der Waals surface area contributed by atoms with E-state index in [1.165, 1.54) is 7.11 Å². The Kier molecular flexibility index (Phi) is 6.26. The summed E-state index contributed by atoms with van der Waals surface area (Å²) in [5, 5.41) is 4.88. The van der Waals surface area contributed by atoms with Gasteiger partial charge in [-0.2, -0.15) is 0 Å². The van der Waals surface area contributed by atoms with Crippen molar-refractivity contribution in [1.29, 1.82) is 0 Å². The number of thioether (sulfide) groups is 1. The fourth-order valence-electron chi connectivity index (χ4n) is 2.47. The number of thiazole rings is 1. The third kappa shape index (κ3) is 4.75. The van der Waals surface area contributed by atoms with Gasteiger partial charge in [0.25, 0.3) is 5.91 Å². The molecule has 0 unspecified atom stereocenters. The van der Waals surface area contributed by atoms with E-state index in [9.17, 15) is 9.59 Å². The monoisotopic (exact) mass is 398 g/mol. The Morgan fingerprint density at radius 1 is 1.19 bits per heavy atom. The van der Waals surface area contributed by atoms with Crippen LogP contribution in [0, 0.1) is 6.92 Å². The Balaban J connectivity index is 1.67. The number of amides is 1. The van der Waals surface area contributed by atoms with Crippen LogP contribution >= 0.6 is 23.1 Å². The van der Waals surface area contributed by atoms with E-state index in [2.05, 4.69) is 10.3 Å². The quantitative estimate of drug-likeness (QED) is 0.478. The van der Waals surface area contributed by atoms with Crippen molar-refractivity contribution in [3.8, 4) is 0 Å². The predicted octanol–water partition coefficient (Wildman–Crippen LogP) is 4.78. The molecule has 0 aliphatic heterocycles. The molecule has 27 heavy (non-hydrogen) atoms. The van der Waals surface area contributed by atoms with Crippen LogP contribution in [0.3, 0.4) is 0 Å². The highest BCUT2D eigenvalue weighted by atomic mass is 32.2. The average Bonchev–Trinajstić information content (AvgIpc) is 3.21. The topological polar surface area (TPSA) is 68.3 Å². The van der Waals surface area contributed by atoms with Crippen molar-refractivity contribution in [2.24, 2.45) is 0 Å². The molecule has 7 heteroatoms. The van der Waals surface area contributed by atoms with Crippen molar-refractivity contribution >= 4 is 40.7 Å². The fraction of sp³-hybridized carbons (Fsp3) is 0.150. The van der Waals surface area contributed by atoms with Crippen molar-refractivity contribution < 1.29 is 14.3 Å². The third-order valence-electron chi connectivity index (χ3n) is 3.97. The molecule has 3 aromatic rings. The molecule has 0 spiro atoms. The third-order valence-corrected chi connectivity index (χ3v) is 5.65. The molecule has 0 radical (unpaired) electrons. The maximum absolute atomic E-state index is 12.5. The number of benzene rings is 2. The van der Waals surface area contributed by atoms with E-state index in [1.807, 2.05) is 23.0 Å². The standard InChI is InChI=1S/C20H18N2O3S2/c1-13-17(20(24)25-2)4-3-5-18(13)22-19(23)14-6-8-16(9-7-14)27-11-15-10-26-12-21-15/h3-10,12H,11H2,1-2H3,(H,22,23). The number of aromatic nitrogens is 1. The highest BCUT2D eigenvalue weighted by Crippen LogP contribution is 2.24. The number of methoxy groups -OCH3 is 1. The zero-order chi connectivity index (χ0) is 19.2. The van der Waals surface area contributed by atoms with Crippen molar-refractivity contribution in [3.05, 3.63) is 75.7 Å². The first-order chi connectivity index (χ1) is 13.1. The van der Waals surface area contributed by atoms with E-state index < -0.39 is 5.97 Å².